The van der Waals surface area contributed by atoms with Crippen LogP contribution in [0.15, 0.2) is 64.2 Å². The van der Waals surface area contributed by atoms with E-state index in [2.05, 4.69) is 39.7 Å². The summed E-state index contributed by atoms with van der Waals surface area (Å²) < 4.78 is 10.9. The van der Waals surface area contributed by atoms with Crippen molar-refractivity contribution in [1.29, 1.82) is 0 Å². The van der Waals surface area contributed by atoms with Gasteiger partial charge in [-0.2, -0.15) is 0 Å². The van der Waals surface area contributed by atoms with E-state index in [9.17, 15) is 0 Å². The lowest BCUT2D eigenvalue weighted by Crippen LogP contribution is -2.38. The van der Waals surface area contributed by atoms with Crippen LogP contribution in [0, 0.1) is 6.92 Å². The fraction of sp³-hybridized carbons (Fsp3) is 0.304. The highest BCUT2D eigenvalue weighted by Crippen LogP contribution is 2.19. The Hall–Kier alpha value is -2.55. The number of ether oxygens (including phenoxy) is 1. The molecule has 0 aliphatic carbocycles. The first-order chi connectivity index (χ1) is 14.2. The van der Waals surface area contributed by atoms with Gasteiger partial charge in [-0.3, -0.25) is 0 Å². The number of guanidine groups is 1. The Morgan fingerprint density at radius 2 is 1.93 bits per heavy atom. The maximum atomic E-state index is 5.63. The number of aromatic nitrogens is 1. The van der Waals surface area contributed by atoms with Gasteiger partial charge in [0.1, 0.15) is 12.0 Å². The van der Waals surface area contributed by atoms with Gasteiger partial charge >= 0.3 is 0 Å². The highest BCUT2D eigenvalue weighted by Gasteiger charge is 2.07. The van der Waals surface area contributed by atoms with Crippen LogP contribution in [-0.4, -0.2) is 31.1 Å². The number of aliphatic imine (C=N–C) groups is 1. The van der Waals surface area contributed by atoms with Crippen LogP contribution in [0.4, 0.5) is 0 Å². The Morgan fingerprint density at radius 3 is 2.67 bits per heavy atom. The van der Waals surface area contributed by atoms with Crippen LogP contribution >= 0.6 is 24.0 Å². The minimum Gasteiger partial charge on any atom is -0.497 e. The van der Waals surface area contributed by atoms with Crippen molar-refractivity contribution in [3.8, 4) is 17.2 Å². The molecule has 0 atom stereocenters. The molecule has 0 saturated heterocycles. The van der Waals surface area contributed by atoms with Crippen molar-refractivity contribution in [2.45, 2.75) is 26.8 Å². The van der Waals surface area contributed by atoms with Gasteiger partial charge in [-0.05, 0) is 43.7 Å². The smallest absolute Gasteiger partial charge is 0.226 e. The second kappa shape index (κ2) is 12.2. The predicted molar refractivity (Wildman–Crippen MR) is 132 cm³/mol. The minimum atomic E-state index is 0. The number of hydrogen-bond donors (Lipinski definition) is 2. The number of halogens is 1. The van der Waals surface area contributed by atoms with Crippen LogP contribution in [0.2, 0.25) is 0 Å². The van der Waals surface area contributed by atoms with E-state index < -0.39 is 0 Å². The molecule has 0 amide bonds. The quantitative estimate of drug-likeness (QED) is 0.259. The number of nitrogens with zero attached hydrogens (tertiary/aromatic N) is 2. The molecule has 0 radical (unpaired) electrons. The van der Waals surface area contributed by atoms with Crippen molar-refractivity contribution in [3.63, 3.8) is 0 Å². The highest BCUT2D eigenvalue weighted by molar-refractivity contribution is 14.0. The Balaban J connectivity index is 0.00000320. The molecule has 0 bridgehead atoms. The van der Waals surface area contributed by atoms with Gasteiger partial charge < -0.3 is 19.8 Å². The third-order valence-electron chi connectivity index (χ3n) is 4.42. The number of nitrogens with one attached hydrogen (secondary N) is 2. The Morgan fingerprint density at radius 1 is 1.13 bits per heavy atom. The lowest BCUT2D eigenvalue weighted by atomic mass is 10.1. The van der Waals surface area contributed by atoms with Crippen molar-refractivity contribution in [2.75, 3.05) is 20.2 Å². The molecule has 0 fully saturated rings. The van der Waals surface area contributed by atoms with Crippen molar-refractivity contribution >= 4 is 29.9 Å². The summed E-state index contributed by atoms with van der Waals surface area (Å²) in [6.07, 6.45) is 2.47. The van der Waals surface area contributed by atoms with Crippen LogP contribution in [0.25, 0.3) is 11.5 Å². The van der Waals surface area contributed by atoms with Gasteiger partial charge in [0.2, 0.25) is 5.89 Å². The molecule has 3 aromatic rings. The molecule has 2 N–H and O–H groups in total. The van der Waals surface area contributed by atoms with Gasteiger partial charge in [0.25, 0.3) is 0 Å². The molecule has 0 unspecified atom stereocenters. The average molecular weight is 520 g/mol. The summed E-state index contributed by atoms with van der Waals surface area (Å²) in [7, 11) is 1.67. The summed E-state index contributed by atoms with van der Waals surface area (Å²) in [6.45, 7) is 6.20. The number of oxazole rings is 1. The predicted octanol–water partition coefficient (Wildman–Crippen LogP) is 4.57. The first kappa shape index (κ1) is 23.7. The molecule has 0 saturated carbocycles. The minimum absolute atomic E-state index is 0. The maximum absolute atomic E-state index is 5.63. The number of hydrogen-bond acceptors (Lipinski definition) is 4. The Kier molecular flexibility index (Phi) is 9.66. The van der Waals surface area contributed by atoms with Crippen molar-refractivity contribution in [3.05, 3.63) is 71.6 Å². The highest BCUT2D eigenvalue weighted by atomic mass is 127. The summed E-state index contributed by atoms with van der Waals surface area (Å²) in [5.41, 5.74) is 4.22. The van der Waals surface area contributed by atoms with E-state index in [0.717, 1.165) is 41.5 Å². The molecule has 160 valence electrons. The molecule has 3 rings (SSSR count). The van der Waals surface area contributed by atoms with Gasteiger partial charge in [0, 0.05) is 25.1 Å². The zero-order valence-corrected chi connectivity index (χ0v) is 20.0. The maximum Gasteiger partial charge on any atom is 0.226 e. The summed E-state index contributed by atoms with van der Waals surface area (Å²) in [4.78, 5) is 9.23. The molecule has 30 heavy (non-hydrogen) atoms. The van der Waals surface area contributed by atoms with Gasteiger partial charge in [-0.15, -0.1) is 24.0 Å². The van der Waals surface area contributed by atoms with Gasteiger partial charge in [-0.1, -0.05) is 29.8 Å². The summed E-state index contributed by atoms with van der Waals surface area (Å²) in [5, 5.41) is 6.62. The fourth-order valence-corrected chi connectivity index (χ4v) is 2.84. The SMILES string of the molecule is CCNC(=NCc1cccc(OC)c1)NCCc1coc(-c2ccc(C)cc2)n1.I. The number of aryl methyl sites for hydroxylation is 1. The normalized spacial score (nSPS) is 11.0. The first-order valence-electron chi connectivity index (χ1n) is 9.84. The molecule has 0 aliphatic heterocycles. The third-order valence-corrected chi connectivity index (χ3v) is 4.42. The summed E-state index contributed by atoms with van der Waals surface area (Å²) in [5.74, 6) is 2.27. The van der Waals surface area contributed by atoms with Crippen LogP contribution in [0.1, 0.15) is 23.7 Å². The van der Waals surface area contributed by atoms with Crippen LogP contribution < -0.4 is 15.4 Å². The van der Waals surface area contributed by atoms with Crippen LogP contribution in [-0.2, 0) is 13.0 Å². The van der Waals surface area contributed by atoms with Crippen molar-refractivity contribution in [1.82, 2.24) is 15.6 Å². The monoisotopic (exact) mass is 520 g/mol. The van der Waals surface area contributed by atoms with E-state index in [1.807, 2.05) is 43.3 Å². The van der Waals surface area contributed by atoms with E-state index >= 15 is 0 Å². The summed E-state index contributed by atoms with van der Waals surface area (Å²) >= 11 is 0. The second-order valence-corrected chi connectivity index (χ2v) is 6.73. The van der Waals surface area contributed by atoms with Crippen molar-refractivity contribution in [2.24, 2.45) is 4.99 Å². The van der Waals surface area contributed by atoms with Gasteiger partial charge in [0.05, 0.1) is 19.3 Å². The molecule has 0 spiro atoms. The molecule has 1 heterocycles. The van der Waals surface area contributed by atoms with E-state index in [1.165, 1.54) is 5.56 Å². The van der Waals surface area contributed by atoms with Crippen molar-refractivity contribution < 1.29 is 9.15 Å². The average Bonchev–Trinajstić information content (AvgIpc) is 3.21. The first-order valence-corrected chi connectivity index (χ1v) is 9.84. The lowest BCUT2D eigenvalue weighted by molar-refractivity contribution is 0.414. The van der Waals surface area contributed by atoms with Gasteiger partial charge in [-0.25, -0.2) is 9.98 Å². The number of rotatable bonds is 8. The number of benzene rings is 2. The second-order valence-electron chi connectivity index (χ2n) is 6.73. The molecule has 0 aliphatic rings. The third kappa shape index (κ3) is 7.05. The molecule has 6 nitrogen and oxygen atoms in total. The topological polar surface area (TPSA) is 71.7 Å². The zero-order chi connectivity index (χ0) is 20.5. The Bertz CT molecular complexity index is 938. The molecule has 7 heteroatoms. The lowest BCUT2D eigenvalue weighted by Gasteiger charge is -2.10. The van der Waals surface area contributed by atoms with E-state index in [1.54, 1.807) is 13.4 Å². The van der Waals surface area contributed by atoms with E-state index in [4.69, 9.17) is 9.15 Å². The largest absolute Gasteiger partial charge is 0.497 e. The summed E-state index contributed by atoms with van der Waals surface area (Å²) in [6, 6.07) is 16.1. The fourth-order valence-electron chi connectivity index (χ4n) is 2.84. The van der Waals surface area contributed by atoms with Gasteiger partial charge in [0.15, 0.2) is 5.96 Å². The number of methoxy groups -OCH3 is 1. The zero-order valence-electron chi connectivity index (χ0n) is 17.6. The van der Waals surface area contributed by atoms with E-state index in [-0.39, 0.29) is 24.0 Å². The van der Waals surface area contributed by atoms with Crippen LogP contribution in [0.5, 0.6) is 5.75 Å². The molecular formula is C23H29IN4O2. The van der Waals surface area contributed by atoms with E-state index in [0.29, 0.717) is 19.0 Å². The Labute approximate surface area is 195 Å². The molecular weight excluding hydrogens is 491 g/mol. The standard InChI is InChI=1S/C23H28N4O2.HI/c1-4-24-23(26-15-18-6-5-7-21(14-18)28-3)25-13-12-20-16-29-22(27-20)19-10-8-17(2)9-11-19;/h5-11,14,16H,4,12-13,15H2,1-3H3,(H2,24,25,26);1H. The van der Waals surface area contributed by atoms with Crippen LogP contribution in [0.3, 0.4) is 0 Å². The molecule has 1 aromatic heterocycles. The molecule has 2 aromatic carbocycles.